The highest BCUT2D eigenvalue weighted by Gasteiger charge is 2.22. The lowest BCUT2D eigenvalue weighted by Crippen LogP contribution is -2.35. The fourth-order valence-corrected chi connectivity index (χ4v) is 4.31. The molecule has 3 rings (SSSR count). The highest BCUT2D eigenvalue weighted by molar-refractivity contribution is 7.89. The maximum atomic E-state index is 13.2. The summed E-state index contributed by atoms with van der Waals surface area (Å²) in [7, 11) is -3.70. The zero-order valence-corrected chi connectivity index (χ0v) is 16.9. The molecule has 8 heteroatoms. The Kier molecular flexibility index (Phi) is 6.66. The topological polar surface area (TPSA) is 69.7 Å². The maximum absolute atomic E-state index is 13.2. The number of carbonyl (C=O) groups is 1. The van der Waals surface area contributed by atoms with Crippen molar-refractivity contribution in [3.8, 4) is 0 Å². The summed E-state index contributed by atoms with van der Waals surface area (Å²) in [5.41, 5.74) is 1.25. The molecule has 0 spiro atoms. The molecule has 1 aliphatic heterocycles. The normalized spacial score (nSPS) is 15.1. The van der Waals surface area contributed by atoms with E-state index in [1.165, 1.54) is 30.3 Å². The van der Waals surface area contributed by atoms with Crippen LogP contribution in [0, 0.1) is 5.82 Å². The minimum atomic E-state index is -3.70. The van der Waals surface area contributed by atoms with Gasteiger partial charge in [-0.15, -0.1) is 6.58 Å². The van der Waals surface area contributed by atoms with Gasteiger partial charge < -0.3 is 9.80 Å². The zero-order valence-electron chi connectivity index (χ0n) is 16.1. The van der Waals surface area contributed by atoms with Gasteiger partial charge in [0, 0.05) is 44.0 Å². The van der Waals surface area contributed by atoms with Crippen LogP contribution in [0.4, 0.5) is 10.1 Å². The standard InChI is InChI=1S/C21H24FN3O3S/c1-2-11-23-29(27,28)20-6-3-5-17(16-20)21(26)25-13-4-12-24(14-15-25)19-9-7-18(22)8-10-19/h2-3,5-10,16,23H,1,4,11-15H2. The quantitative estimate of drug-likeness (QED) is 0.734. The molecule has 0 aliphatic carbocycles. The number of halogens is 1. The van der Waals surface area contributed by atoms with Crippen molar-refractivity contribution in [1.82, 2.24) is 9.62 Å². The van der Waals surface area contributed by atoms with Crippen LogP contribution in [0.25, 0.3) is 0 Å². The zero-order chi connectivity index (χ0) is 20.9. The number of nitrogens with zero attached hydrogens (tertiary/aromatic N) is 2. The molecule has 0 unspecified atom stereocenters. The van der Waals surface area contributed by atoms with Gasteiger partial charge in [-0.2, -0.15) is 0 Å². The molecule has 154 valence electrons. The van der Waals surface area contributed by atoms with Gasteiger partial charge in [0.2, 0.25) is 10.0 Å². The minimum Gasteiger partial charge on any atom is -0.370 e. The second-order valence-corrected chi connectivity index (χ2v) is 8.54. The third-order valence-electron chi connectivity index (χ3n) is 4.78. The minimum absolute atomic E-state index is 0.0490. The van der Waals surface area contributed by atoms with E-state index >= 15 is 0 Å². The summed E-state index contributed by atoms with van der Waals surface area (Å²) in [6, 6.07) is 12.4. The summed E-state index contributed by atoms with van der Waals surface area (Å²) in [4.78, 5) is 16.9. The van der Waals surface area contributed by atoms with E-state index in [1.54, 1.807) is 29.2 Å². The van der Waals surface area contributed by atoms with Crippen molar-refractivity contribution < 1.29 is 17.6 Å². The molecule has 6 nitrogen and oxygen atoms in total. The Balaban J connectivity index is 1.71. The van der Waals surface area contributed by atoms with Gasteiger partial charge in [0.05, 0.1) is 4.90 Å². The van der Waals surface area contributed by atoms with Crippen LogP contribution < -0.4 is 9.62 Å². The number of sulfonamides is 1. The molecule has 1 fully saturated rings. The summed E-state index contributed by atoms with van der Waals surface area (Å²) >= 11 is 0. The molecule has 29 heavy (non-hydrogen) atoms. The van der Waals surface area contributed by atoms with E-state index in [0.29, 0.717) is 25.2 Å². The van der Waals surface area contributed by atoms with Crippen molar-refractivity contribution in [3.63, 3.8) is 0 Å². The predicted octanol–water partition coefficient (Wildman–Crippen LogP) is 2.64. The molecule has 0 bridgehead atoms. The Morgan fingerprint density at radius 1 is 1.10 bits per heavy atom. The number of anilines is 1. The molecule has 1 aliphatic rings. The van der Waals surface area contributed by atoms with Crippen molar-refractivity contribution in [2.75, 3.05) is 37.6 Å². The van der Waals surface area contributed by atoms with Crippen LogP contribution in [-0.4, -0.2) is 51.9 Å². The first-order valence-corrected chi connectivity index (χ1v) is 10.9. The van der Waals surface area contributed by atoms with Gasteiger partial charge in [0.25, 0.3) is 5.91 Å². The smallest absolute Gasteiger partial charge is 0.253 e. The predicted molar refractivity (Wildman–Crippen MR) is 111 cm³/mol. The van der Waals surface area contributed by atoms with Crippen LogP contribution in [0.1, 0.15) is 16.8 Å². The van der Waals surface area contributed by atoms with Crippen LogP contribution in [0.2, 0.25) is 0 Å². The van der Waals surface area contributed by atoms with Gasteiger partial charge in [-0.3, -0.25) is 4.79 Å². The Hall–Kier alpha value is -2.71. The maximum Gasteiger partial charge on any atom is 0.253 e. The number of hydrogen-bond donors (Lipinski definition) is 1. The van der Waals surface area contributed by atoms with Crippen LogP contribution >= 0.6 is 0 Å². The second-order valence-electron chi connectivity index (χ2n) is 6.78. The number of hydrogen-bond acceptors (Lipinski definition) is 4. The molecule has 2 aromatic carbocycles. The van der Waals surface area contributed by atoms with E-state index in [-0.39, 0.29) is 23.2 Å². The second kappa shape index (κ2) is 9.19. The Morgan fingerprint density at radius 2 is 1.86 bits per heavy atom. The van der Waals surface area contributed by atoms with Gasteiger partial charge in [-0.05, 0) is 48.9 Å². The van der Waals surface area contributed by atoms with Crippen LogP contribution in [-0.2, 0) is 10.0 Å². The van der Waals surface area contributed by atoms with Crippen LogP contribution in [0.15, 0.2) is 66.1 Å². The summed E-state index contributed by atoms with van der Waals surface area (Å²) in [6.45, 7) is 6.07. The molecule has 1 heterocycles. The average molecular weight is 418 g/mol. The molecular weight excluding hydrogens is 393 g/mol. The van der Waals surface area contributed by atoms with Crippen molar-refractivity contribution in [2.45, 2.75) is 11.3 Å². The number of amides is 1. The average Bonchev–Trinajstić information content (AvgIpc) is 2.99. The Bertz CT molecular complexity index is 977. The molecule has 1 amide bonds. The van der Waals surface area contributed by atoms with E-state index in [0.717, 1.165) is 18.7 Å². The SMILES string of the molecule is C=CCNS(=O)(=O)c1cccc(C(=O)N2CCCN(c3ccc(F)cc3)CC2)c1. The third kappa shape index (κ3) is 5.21. The molecule has 0 aromatic heterocycles. The fourth-order valence-electron chi connectivity index (χ4n) is 3.26. The number of rotatable bonds is 6. The van der Waals surface area contributed by atoms with Gasteiger partial charge in [0.15, 0.2) is 0 Å². The van der Waals surface area contributed by atoms with Crippen molar-refractivity contribution in [2.24, 2.45) is 0 Å². The molecule has 0 radical (unpaired) electrons. The van der Waals surface area contributed by atoms with Gasteiger partial charge in [-0.25, -0.2) is 17.5 Å². The van der Waals surface area contributed by atoms with Gasteiger partial charge in [0.1, 0.15) is 5.82 Å². The van der Waals surface area contributed by atoms with Crippen molar-refractivity contribution >= 4 is 21.6 Å². The lowest BCUT2D eigenvalue weighted by molar-refractivity contribution is 0.0767. The van der Waals surface area contributed by atoms with E-state index in [2.05, 4.69) is 16.2 Å². The highest BCUT2D eigenvalue weighted by Crippen LogP contribution is 2.19. The first-order valence-electron chi connectivity index (χ1n) is 9.41. The van der Waals surface area contributed by atoms with Gasteiger partial charge in [-0.1, -0.05) is 12.1 Å². The monoisotopic (exact) mass is 417 g/mol. The molecule has 0 saturated carbocycles. The fraction of sp³-hybridized carbons (Fsp3) is 0.286. The summed E-state index contributed by atoms with van der Waals surface area (Å²) in [6.07, 6.45) is 2.22. The number of nitrogens with one attached hydrogen (secondary N) is 1. The largest absolute Gasteiger partial charge is 0.370 e. The number of carbonyl (C=O) groups excluding carboxylic acids is 1. The van der Waals surface area contributed by atoms with E-state index in [9.17, 15) is 17.6 Å². The summed E-state index contributed by atoms with van der Waals surface area (Å²) < 4.78 is 40.2. The molecular formula is C21H24FN3O3S. The van der Waals surface area contributed by atoms with Gasteiger partial charge >= 0.3 is 0 Å². The molecule has 1 saturated heterocycles. The van der Waals surface area contributed by atoms with Crippen molar-refractivity contribution in [3.05, 3.63) is 72.6 Å². The van der Waals surface area contributed by atoms with Crippen LogP contribution in [0.5, 0.6) is 0 Å². The highest BCUT2D eigenvalue weighted by atomic mass is 32.2. The van der Waals surface area contributed by atoms with E-state index < -0.39 is 10.0 Å². The van der Waals surface area contributed by atoms with Crippen molar-refractivity contribution in [1.29, 1.82) is 0 Å². The Morgan fingerprint density at radius 3 is 2.59 bits per heavy atom. The summed E-state index contributed by atoms with van der Waals surface area (Å²) in [5, 5.41) is 0. The lowest BCUT2D eigenvalue weighted by Gasteiger charge is -2.24. The first-order chi connectivity index (χ1) is 13.9. The molecule has 0 atom stereocenters. The summed E-state index contributed by atoms with van der Waals surface area (Å²) in [5.74, 6) is -0.482. The number of benzene rings is 2. The molecule has 2 aromatic rings. The van der Waals surface area contributed by atoms with Crippen LogP contribution in [0.3, 0.4) is 0 Å². The molecule has 1 N–H and O–H groups in total. The van der Waals surface area contributed by atoms with E-state index in [4.69, 9.17) is 0 Å². The Labute approximate surface area is 170 Å². The lowest BCUT2D eigenvalue weighted by atomic mass is 10.2. The van der Waals surface area contributed by atoms with E-state index in [1.807, 2.05) is 0 Å². The third-order valence-corrected chi connectivity index (χ3v) is 6.21. The first kappa shape index (κ1) is 21.0.